The Hall–Kier alpha value is -2.33. The van der Waals surface area contributed by atoms with Crippen molar-refractivity contribution in [2.75, 3.05) is 38.0 Å². The molecule has 2 N–H and O–H groups in total. The Balaban J connectivity index is 1.60. The number of nitrogens with zero attached hydrogens (tertiary/aromatic N) is 2. The van der Waals surface area contributed by atoms with Gasteiger partial charge in [0, 0.05) is 36.3 Å². The van der Waals surface area contributed by atoms with Crippen LogP contribution in [0.2, 0.25) is 5.02 Å². The van der Waals surface area contributed by atoms with E-state index in [2.05, 4.69) is 23.6 Å². The van der Waals surface area contributed by atoms with Crippen LogP contribution in [0.25, 0.3) is 0 Å². The monoisotopic (exact) mass is 577 g/mol. The molecule has 0 aromatic heterocycles. The second-order valence-electron chi connectivity index (χ2n) is 11.1. The molecule has 1 aliphatic heterocycles. The summed E-state index contributed by atoms with van der Waals surface area (Å²) in [5, 5.41) is 10.3. The van der Waals surface area contributed by atoms with Crippen molar-refractivity contribution in [3.63, 3.8) is 0 Å². The third-order valence-electron chi connectivity index (χ3n) is 7.83. The van der Waals surface area contributed by atoms with Crippen molar-refractivity contribution in [1.82, 2.24) is 9.80 Å². The van der Waals surface area contributed by atoms with Crippen LogP contribution in [0.4, 0.5) is 5.69 Å². The fourth-order valence-corrected chi connectivity index (χ4v) is 6.70. The maximum Gasteiger partial charge on any atom is 0.261 e. The van der Waals surface area contributed by atoms with E-state index >= 15 is 0 Å². The Morgan fingerprint density at radius 2 is 1.82 bits per heavy atom. The van der Waals surface area contributed by atoms with Crippen LogP contribution >= 0.6 is 11.6 Å². The molecule has 2 aromatic rings. The first-order valence-corrected chi connectivity index (χ1v) is 15.6. The van der Waals surface area contributed by atoms with Gasteiger partial charge >= 0.3 is 0 Å². The number of aliphatic hydroxyl groups excluding tert-OH is 1. The molecule has 0 spiro atoms. The summed E-state index contributed by atoms with van der Waals surface area (Å²) in [7, 11) is -1.77. The molecule has 0 bridgehead atoms. The van der Waals surface area contributed by atoms with Gasteiger partial charge in [0.25, 0.3) is 15.9 Å². The molecule has 214 valence electrons. The predicted molar refractivity (Wildman–Crippen MR) is 154 cm³/mol. The first-order chi connectivity index (χ1) is 18.6. The largest absolute Gasteiger partial charge is 0.488 e. The van der Waals surface area contributed by atoms with Gasteiger partial charge in [-0.1, -0.05) is 37.8 Å². The lowest BCUT2D eigenvalue weighted by Gasteiger charge is -2.38. The van der Waals surface area contributed by atoms with Crippen LogP contribution < -0.4 is 9.46 Å². The fraction of sp³-hybridized carbons (Fsp3) is 0.552. The number of anilines is 1. The minimum atomic E-state index is -3.90. The highest BCUT2D eigenvalue weighted by Gasteiger charge is 2.34. The summed E-state index contributed by atoms with van der Waals surface area (Å²) in [6.07, 6.45) is 6.25. The summed E-state index contributed by atoms with van der Waals surface area (Å²) in [6, 6.07) is 10.2. The number of halogens is 1. The lowest BCUT2D eigenvalue weighted by atomic mass is 9.89. The van der Waals surface area contributed by atoms with E-state index in [0.717, 1.165) is 6.54 Å². The minimum Gasteiger partial charge on any atom is -0.488 e. The smallest absolute Gasteiger partial charge is 0.261 e. The minimum absolute atomic E-state index is 0.0213. The van der Waals surface area contributed by atoms with Crippen LogP contribution in [0.5, 0.6) is 5.75 Å². The normalized spacial score (nSPS) is 21.6. The summed E-state index contributed by atoms with van der Waals surface area (Å²) in [6.45, 7) is 5.84. The van der Waals surface area contributed by atoms with Crippen LogP contribution in [0.15, 0.2) is 47.4 Å². The number of rotatable bonds is 9. The average molecular weight is 578 g/mol. The average Bonchev–Trinajstić information content (AvgIpc) is 2.91. The van der Waals surface area contributed by atoms with Gasteiger partial charge in [0.15, 0.2) is 0 Å². The highest BCUT2D eigenvalue weighted by molar-refractivity contribution is 7.92. The Bertz CT molecular complexity index is 1230. The van der Waals surface area contributed by atoms with Gasteiger partial charge in [-0.15, -0.1) is 0 Å². The zero-order chi connectivity index (χ0) is 28.2. The zero-order valence-electron chi connectivity index (χ0n) is 23.0. The number of hydrogen-bond donors (Lipinski definition) is 2. The zero-order valence-corrected chi connectivity index (χ0v) is 24.5. The Morgan fingerprint density at radius 3 is 2.49 bits per heavy atom. The Morgan fingerprint density at radius 1 is 1.13 bits per heavy atom. The molecule has 3 atom stereocenters. The molecule has 0 radical (unpaired) electrons. The highest BCUT2D eigenvalue weighted by atomic mass is 35.5. The molecule has 1 amide bonds. The van der Waals surface area contributed by atoms with Crippen LogP contribution in [-0.4, -0.2) is 74.7 Å². The molecule has 1 fully saturated rings. The lowest BCUT2D eigenvalue weighted by molar-refractivity contribution is 0.0330. The molecule has 1 aliphatic carbocycles. The summed E-state index contributed by atoms with van der Waals surface area (Å²) in [5.74, 6) is 0.823. The number of carbonyl (C=O) groups excluding carboxylic acids is 1. The van der Waals surface area contributed by atoms with Gasteiger partial charge in [-0.2, -0.15) is 0 Å². The quantitative estimate of drug-likeness (QED) is 0.441. The van der Waals surface area contributed by atoms with E-state index in [1.54, 1.807) is 17.0 Å². The lowest BCUT2D eigenvalue weighted by Crippen LogP contribution is -2.50. The van der Waals surface area contributed by atoms with Crippen LogP contribution in [0, 0.1) is 11.8 Å². The third-order valence-corrected chi connectivity index (χ3v) is 9.48. The summed E-state index contributed by atoms with van der Waals surface area (Å²) >= 11 is 5.91. The van der Waals surface area contributed by atoms with Gasteiger partial charge in [0.2, 0.25) is 0 Å². The number of carbonyl (C=O) groups is 1. The van der Waals surface area contributed by atoms with Crippen molar-refractivity contribution < 1.29 is 23.1 Å². The number of ether oxygens (including phenoxy) is 1. The van der Waals surface area contributed by atoms with Gasteiger partial charge in [-0.05, 0) is 75.2 Å². The molecule has 10 heteroatoms. The topological polar surface area (TPSA) is 99.2 Å². The second kappa shape index (κ2) is 12.9. The van der Waals surface area contributed by atoms with E-state index in [0.29, 0.717) is 29.8 Å². The molecular weight excluding hydrogens is 538 g/mol. The maximum absolute atomic E-state index is 13.7. The number of benzene rings is 2. The van der Waals surface area contributed by atoms with Gasteiger partial charge in [-0.25, -0.2) is 8.42 Å². The number of fused-ring (bicyclic) bond motifs is 1. The van der Waals surface area contributed by atoms with E-state index in [1.165, 1.54) is 62.4 Å². The standard InChI is InChI=1S/C29H40ClN3O5S/c1-20-16-33(21(2)19-34)29(35)26-15-24(31-39(36,37)25-12-9-23(30)10-13-25)11-14-27(26)38-28(20)18-32(3)17-22-7-5-4-6-8-22/h9-15,20-22,28,31,34H,4-8,16-19H2,1-3H3/t20-,21-,28-/m0/s1. The number of nitrogens with one attached hydrogen (secondary N) is 1. The number of amides is 1. The molecule has 2 aliphatic rings. The fourth-order valence-electron chi connectivity index (χ4n) is 5.52. The van der Waals surface area contributed by atoms with Crippen molar-refractivity contribution in [3.05, 3.63) is 53.1 Å². The molecule has 4 rings (SSSR count). The van der Waals surface area contributed by atoms with Crippen molar-refractivity contribution >= 4 is 33.2 Å². The number of sulfonamides is 1. The summed E-state index contributed by atoms with van der Waals surface area (Å²) < 4.78 is 35.0. The van der Waals surface area contributed by atoms with Gasteiger partial charge in [0.1, 0.15) is 11.9 Å². The summed E-state index contributed by atoms with van der Waals surface area (Å²) in [5.41, 5.74) is 0.510. The third kappa shape index (κ3) is 7.45. The van der Waals surface area contributed by atoms with Gasteiger partial charge in [0.05, 0.1) is 23.1 Å². The first kappa shape index (κ1) is 29.6. The molecule has 1 heterocycles. The predicted octanol–water partition coefficient (Wildman–Crippen LogP) is 4.87. The molecule has 2 aromatic carbocycles. The van der Waals surface area contributed by atoms with E-state index < -0.39 is 16.1 Å². The van der Waals surface area contributed by atoms with Crippen LogP contribution in [0.1, 0.15) is 56.3 Å². The Labute approximate surface area is 237 Å². The molecule has 0 unspecified atom stereocenters. The molecule has 39 heavy (non-hydrogen) atoms. The molecule has 8 nitrogen and oxygen atoms in total. The van der Waals surface area contributed by atoms with E-state index in [4.69, 9.17) is 16.3 Å². The van der Waals surface area contributed by atoms with Crippen molar-refractivity contribution in [2.24, 2.45) is 11.8 Å². The number of hydrogen-bond acceptors (Lipinski definition) is 6. The van der Waals surface area contributed by atoms with E-state index in [9.17, 15) is 18.3 Å². The Kier molecular flexibility index (Phi) is 9.80. The highest BCUT2D eigenvalue weighted by Crippen LogP contribution is 2.32. The SMILES string of the molecule is C[C@H]1CN([C@@H](C)CO)C(=O)c2cc(NS(=O)(=O)c3ccc(Cl)cc3)ccc2O[C@H]1CN(C)CC1CCCCC1. The van der Waals surface area contributed by atoms with Crippen molar-refractivity contribution in [3.8, 4) is 5.75 Å². The number of aliphatic hydroxyl groups is 1. The molecule has 1 saturated carbocycles. The number of likely N-dealkylation sites (N-methyl/N-ethyl adjacent to an activating group) is 1. The van der Waals surface area contributed by atoms with Gasteiger partial charge in [-0.3, -0.25) is 9.52 Å². The molecule has 0 saturated heterocycles. The maximum atomic E-state index is 13.7. The van der Waals surface area contributed by atoms with Gasteiger partial charge < -0.3 is 19.6 Å². The van der Waals surface area contributed by atoms with Crippen LogP contribution in [0.3, 0.4) is 0 Å². The van der Waals surface area contributed by atoms with Crippen LogP contribution in [-0.2, 0) is 10.0 Å². The van der Waals surface area contributed by atoms with E-state index in [1.807, 2.05) is 6.92 Å². The second-order valence-corrected chi connectivity index (χ2v) is 13.2. The van der Waals surface area contributed by atoms with Crippen molar-refractivity contribution in [2.45, 2.75) is 63.0 Å². The molecular formula is C29H40ClN3O5S. The summed E-state index contributed by atoms with van der Waals surface area (Å²) in [4.78, 5) is 17.7. The van der Waals surface area contributed by atoms with E-state index in [-0.39, 0.29) is 40.7 Å². The van der Waals surface area contributed by atoms with Crippen molar-refractivity contribution in [1.29, 1.82) is 0 Å². The first-order valence-electron chi connectivity index (χ1n) is 13.8.